The summed E-state index contributed by atoms with van der Waals surface area (Å²) in [5.41, 5.74) is 12.0. The number of β-lactam (4-membered cyclic amide) rings is 3. The first-order chi connectivity index (χ1) is 66.5. The zero-order chi connectivity index (χ0) is 99.0. The van der Waals surface area contributed by atoms with E-state index in [9.17, 15) is 71.6 Å². The Bertz CT molecular complexity index is 6160. The van der Waals surface area contributed by atoms with Crippen molar-refractivity contribution in [1.29, 1.82) is 0 Å². The molecule has 54 heteroatoms. The number of halogens is 2. The molecule has 4 saturated heterocycles. The van der Waals surface area contributed by atoms with Gasteiger partial charge >= 0.3 is 43.9 Å². The number of aromatic amines is 4. The van der Waals surface area contributed by atoms with Gasteiger partial charge in [-0.25, -0.2) is 86.9 Å². The van der Waals surface area contributed by atoms with E-state index in [-0.39, 0.29) is 67.1 Å². The first-order valence-electron chi connectivity index (χ1n) is 41.5. The standard InChI is InChI=1S/C26H27N7O7.C26H25N7O7.C15H18N4O4.C11H9N3O3.C6H7Br2NO2.H3NO5Si/c2*34-23-9-10-32(23)24(35)19-3-1-18(2-4-19)16-39-14-13-38-12-11-31-15-20(27-30-31)17-40-22-7-5-21(6-8-22)33-25(36)28-29-26(33)37;16-18-17-6-8-22-9-10-23-11-12-1-3-13(4-2-12)15(21)19-7-5-14(19)20;1-2-7-17-9-5-3-8(4-6-9)14-10(15)12-13-11(14)16;1-6(2)3(7)4(10)9(8)5(6)11;2-6-5-1-7(3)4/h1-8,15H,9-14,16-17H2,(H,28,36)(H,29,37);1-8,15H,9-14,16-17H2;1-4H,5-11H2;1,3-6H,7H2,(H,12,15)(H,13,16);3H,1-2H3;1-3H. The minimum atomic E-state index is -2.90. The predicted molar refractivity (Wildman–Crippen MR) is 482 cm³/mol. The van der Waals surface area contributed by atoms with Crippen LogP contribution in [0.15, 0.2) is 193 Å². The fraction of sp³-hybridized carbons (Fsp3) is 0.333. The highest BCUT2D eigenvalue weighted by molar-refractivity contribution is 9.10. The molecule has 0 bridgehead atoms. The molecule has 51 nitrogen and oxygen atoms in total. The topological polar surface area (TPSA) is 634 Å². The Kier molecular flexibility index (Phi) is 40.5. The number of hydrogen-bond donors (Lipinski definition) is 7. The molecule has 7 N–H and O–H groups in total. The molecule has 0 radical (unpaired) electrons. The molecule has 10 aromatic rings. The maximum atomic E-state index is 12.2. The van der Waals surface area contributed by atoms with E-state index < -0.39 is 54.2 Å². The van der Waals surface area contributed by atoms with E-state index in [0.29, 0.717) is 200 Å². The molecule has 0 spiro atoms. The second-order valence-electron chi connectivity index (χ2n) is 29.4. The van der Waals surface area contributed by atoms with Crippen LogP contribution < -0.4 is 47.0 Å². The van der Waals surface area contributed by atoms with Gasteiger partial charge in [0.1, 0.15) is 53.3 Å². The van der Waals surface area contributed by atoms with Gasteiger partial charge in [0.25, 0.3) is 23.6 Å². The van der Waals surface area contributed by atoms with E-state index in [2.05, 4.69) is 109 Å². The van der Waals surface area contributed by atoms with Gasteiger partial charge in [0, 0.05) is 67.0 Å². The number of urea groups is 2. The number of terminal acetylenes is 1. The summed E-state index contributed by atoms with van der Waals surface area (Å²) >= 11 is 6.05. The van der Waals surface area contributed by atoms with Crippen LogP contribution in [0.25, 0.3) is 21.8 Å². The molecule has 5 aliphatic heterocycles. The van der Waals surface area contributed by atoms with Crippen LogP contribution in [0.4, 0.5) is 15.3 Å². The molecule has 0 aliphatic carbocycles. The van der Waals surface area contributed by atoms with Crippen molar-refractivity contribution in [2.75, 3.05) is 97.1 Å². The number of anilines is 1. The minimum Gasteiger partial charge on any atom is -0.524 e. The smallest absolute Gasteiger partial charge is 0.524 e. The van der Waals surface area contributed by atoms with Gasteiger partial charge in [-0.2, -0.15) is 0 Å². The number of carbonyl (C=O) groups is 10. The molecule has 138 heavy (non-hydrogen) atoms. The lowest BCUT2D eigenvalue weighted by atomic mass is 9.92. The fourth-order valence-corrected chi connectivity index (χ4v) is 13.5. The zero-order valence-electron chi connectivity index (χ0n) is 73.5. The maximum Gasteiger partial charge on any atom is 0.660 e. The van der Waals surface area contributed by atoms with Crippen molar-refractivity contribution in [3.05, 3.63) is 255 Å². The normalized spacial score (nSPS) is 14.2. The number of rotatable bonds is 41. The Morgan fingerprint density at radius 1 is 0.522 bits per heavy atom. The fourth-order valence-electron chi connectivity index (χ4n) is 12.0. The van der Waals surface area contributed by atoms with E-state index in [1.165, 1.54) is 19.8 Å². The molecule has 726 valence electrons. The molecule has 1 unspecified atom stereocenters. The van der Waals surface area contributed by atoms with Crippen molar-refractivity contribution in [2.45, 2.75) is 84.1 Å². The summed E-state index contributed by atoms with van der Waals surface area (Å²) in [4.78, 5) is 180. The van der Waals surface area contributed by atoms with Crippen molar-refractivity contribution in [3.63, 3.8) is 0 Å². The average molecular weight is 2060 g/mol. The van der Waals surface area contributed by atoms with Crippen molar-refractivity contribution >= 4 is 106 Å². The number of nitrogens with zero attached hydrogens (tertiary/aromatic N) is 18. The molecule has 9 heterocycles. The van der Waals surface area contributed by atoms with E-state index in [1.54, 1.807) is 157 Å². The van der Waals surface area contributed by atoms with Gasteiger partial charge < -0.3 is 51.9 Å². The van der Waals surface area contributed by atoms with Crippen molar-refractivity contribution in [3.8, 4) is 41.0 Å². The summed E-state index contributed by atoms with van der Waals surface area (Å²) in [5.74, 6) is 2.39. The third kappa shape index (κ3) is 31.0. The number of H-pyrrole nitrogens is 4. The van der Waals surface area contributed by atoms with Gasteiger partial charge in [-0.05, 0) is 150 Å². The first kappa shape index (κ1) is 105. The second-order valence-corrected chi connectivity index (χ2v) is 31.8. The van der Waals surface area contributed by atoms with Gasteiger partial charge in [-0.15, -0.1) is 16.6 Å². The lowest BCUT2D eigenvalue weighted by molar-refractivity contribution is -0.506. The number of azide groups is 1. The number of carbonyl (C=O) groups excluding carboxylic acids is 10. The summed E-state index contributed by atoms with van der Waals surface area (Å²) in [6.45, 7) is 11.7. The molecule has 4 aromatic heterocycles. The number of azo groups is 1. The molecule has 1 atom stereocenters. The van der Waals surface area contributed by atoms with Crippen LogP contribution in [0, 0.1) is 17.8 Å². The van der Waals surface area contributed by atoms with Crippen LogP contribution in [0.2, 0.25) is 0 Å². The third-order valence-corrected chi connectivity index (χ3v) is 22.1. The van der Waals surface area contributed by atoms with Crippen molar-refractivity contribution in [1.82, 2.24) is 83.3 Å². The van der Waals surface area contributed by atoms with Crippen LogP contribution in [0.5, 0.6) is 17.2 Å². The molecular formula is C84H89Br2N23O28Si. The Balaban J connectivity index is 0.000000185. The molecule has 6 aromatic carbocycles. The largest absolute Gasteiger partial charge is 0.660 e. The highest BCUT2D eigenvalue weighted by atomic mass is 79.9. The highest BCUT2D eigenvalue weighted by Gasteiger charge is 2.52. The average Bonchev–Trinajstić information content (AvgIpc) is 1.63. The Labute approximate surface area is 798 Å². The van der Waals surface area contributed by atoms with E-state index in [4.69, 9.17) is 64.6 Å². The van der Waals surface area contributed by atoms with Gasteiger partial charge in [-0.1, -0.05) is 89.0 Å². The molecule has 4 fully saturated rings. The van der Waals surface area contributed by atoms with Crippen molar-refractivity contribution in [2.24, 2.45) is 20.8 Å². The van der Waals surface area contributed by atoms with Gasteiger partial charge in [-0.3, -0.25) is 53.1 Å². The molecule has 5 aliphatic rings. The van der Waals surface area contributed by atoms with Crippen LogP contribution in [-0.4, -0.2) is 254 Å². The number of hydrogen-bond acceptors (Lipinski definition) is 32. The molecule has 12 amide bonds. The maximum absolute atomic E-state index is 12.2. The number of nitrogens with one attached hydrogen (secondary N) is 5. The summed E-state index contributed by atoms with van der Waals surface area (Å²) in [5, 5.41) is 46.6. The van der Waals surface area contributed by atoms with Crippen LogP contribution in [0.1, 0.15) is 92.3 Å². The third-order valence-electron chi connectivity index (χ3n) is 19.6. The first-order valence-corrected chi connectivity index (χ1v) is 44.5. The lowest BCUT2D eigenvalue weighted by Gasteiger charge is -2.28. The van der Waals surface area contributed by atoms with Crippen LogP contribution in [-0.2, 0) is 113 Å². The quantitative estimate of drug-likeness (QED) is 0.00212. The molecule has 0 saturated carbocycles. The predicted octanol–water partition coefficient (Wildman–Crippen LogP) is 5.15. The summed E-state index contributed by atoms with van der Waals surface area (Å²) in [6, 6.07) is 39.0. The number of amides is 12. The number of alkyl halides is 1. The number of imide groups is 5. The van der Waals surface area contributed by atoms with Crippen LogP contribution >= 0.6 is 32.1 Å². The van der Waals surface area contributed by atoms with Gasteiger partial charge in [0.2, 0.25) is 23.6 Å². The Morgan fingerprint density at radius 3 is 1.17 bits per heavy atom. The zero-order valence-corrected chi connectivity index (χ0v) is 77.6. The Hall–Kier alpha value is -15.1. The number of ether oxygens (including phenoxy) is 9. The van der Waals surface area contributed by atoms with Gasteiger partial charge in [0.15, 0.2) is 0 Å². The minimum absolute atomic E-state index is 0.122. The van der Waals surface area contributed by atoms with Crippen molar-refractivity contribution < 1.29 is 115 Å². The number of benzene rings is 6. The van der Waals surface area contributed by atoms with Crippen LogP contribution in [0.3, 0.4) is 0 Å². The molecule has 15 rings (SSSR count). The molecular weight excluding hydrogens is 1970 g/mol. The van der Waals surface area contributed by atoms with Gasteiger partial charge in [0.05, 0.1) is 143 Å². The summed E-state index contributed by atoms with van der Waals surface area (Å²) in [7, 11) is -2.90. The SMILES string of the molecule is C#CCOc1ccc(-n2c(=O)[nH][nH]c2=O)cc1.CC1(C)C(=O)N(Br)C(=O)C1Br.O=C1CCN1C(=O)c1ccc(COCCOCCn2cc(COc3ccc(-n4c(=O)[nH][nH]c4=O)cc3)nn2)cc1.O=C1CCN1C(=O)c1ccc(COCCOCCn2cc(COc3ccc(N4C(=O)N=NC4=O)cc3)nn2)cc1.O=[Si](O)NOOO.[N-]=[N+]=NCCOCCOCc1ccc(C(=O)N2CCC2=O)cc1. The lowest BCUT2D eigenvalue weighted by Crippen LogP contribution is -2.47. The number of aromatic nitrogens is 12. The highest BCUT2D eigenvalue weighted by Crippen LogP contribution is 2.39. The van der Waals surface area contributed by atoms with E-state index in [0.717, 1.165) is 34.7 Å². The second kappa shape index (κ2) is 53.2. The van der Waals surface area contributed by atoms with E-state index in [1.807, 2.05) is 24.3 Å². The number of likely N-dealkylation sites (tertiary alicyclic amines) is 3. The monoisotopic (exact) mass is 2050 g/mol. The Morgan fingerprint density at radius 2 is 0.877 bits per heavy atom. The summed E-state index contributed by atoms with van der Waals surface area (Å²) < 4.78 is 65.4. The van der Waals surface area contributed by atoms with E-state index >= 15 is 0 Å². The summed E-state index contributed by atoms with van der Waals surface area (Å²) in [6.07, 6.45) is 9.88.